The molecule has 5 heteroatoms. The number of carbonyl (C=O) groups is 1. The first-order valence-corrected chi connectivity index (χ1v) is 6.73. The molecule has 0 spiro atoms. The van der Waals surface area contributed by atoms with E-state index in [4.69, 9.17) is 0 Å². The summed E-state index contributed by atoms with van der Waals surface area (Å²) in [7, 11) is 0. The van der Waals surface area contributed by atoms with Gasteiger partial charge in [0.1, 0.15) is 12.3 Å². The molecule has 2 fully saturated rings. The third-order valence-corrected chi connectivity index (χ3v) is 4.88. The maximum absolute atomic E-state index is 14.0. The van der Waals surface area contributed by atoms with Crippen LogP contribution in [0.1, 0.15) is 20.8 Å². The molecule has 1 saturated carbocycles. The number of halogens is 2. The molecule has 3 nitrogen and oxygen atoms in total. The van der Waals surface area contributed by atoms with Gasteiger partial charge in [0.2, 0.25) is 0 Å². The van der Waals surface area contributed by atoms with E-state index in [1.807, 2.05) is 0 Å². The van der Waals surface area contributed by atoms with Gasteiger partial charge in [0.25, 0.3) is 0 Å². The fourth-order valence-electron chi connectivity index (χ4n) is 3.75. The van der Waals surface area contributed by atoms with E-state index in [0.717, 1.165) is 0 Å². The molecule has 1 heterocycles. The van der Waals surface area contributed by atoms with E-state index in [9.17, 15) is 18.7 Å². The summed E-state index contributed by atoms with van der Waals surface area (Å²) in [6.07, 6.45) is -3.07. The molecule has 108 valence electrons. The van der Waals surface area contributed by atoms with Crippen LogP contribution in [0.4, 0.5) is 8.78 Å². The van der Waals surface area contributed by atoms with Gasteiger partial charge in [0.05, 0.1) is 5.92 Å². The molecule has 0 radical (unpaired) electrons. The lowest BCUT2D eigenvalue weighted by Crippen LogP contribution is -2.64. The highest BCUT2D eigenvalue weighted by atomic mass is 19.2. The lowest BCUT2D eigenvalue weighted by molar-refractivity contribution is -0.143. The predicted molar refractivity (Wildman–Crippen MR) is 68.3 cm³/mol. The summed E-state index contributed by atoms with van der Waals surface area (Å²) < 4.78 is 27.9. The molecule has 1 saturated heterocycles. The second-order valence-corrected chi connectivity index (χ2v) is 6.00. The number of carboxylic acids is 1. The van der Waals surface area contributed by atoms with Gasteiger partial charge in [-0.25, -0.2) is 8.78 Å². The summed E-state index contributed by atoms with van der Waals surface area (Å²) in [6, 6.07) is -0.556. The molecule has 2 N–H and O–H groups in total. The number of hydrogen-bond donors (Lipinski definition) is 2. The largest absolute Gasteiger partial charge is 0.481 e. The van der Waals surface area contributed by atoms with Crippen molar-refractivity contribution in [3.63, 3.8) is 0 Å². The van der Waals surface area contributed by atoms with E-state index < -0.39 is 36.1 Å². The summed E-state index contributed by atoms with van der Waals surface area (Å²) in [5.41, 5.74) is 0.526. The Bertz CT molecular complexity index is 401. The molecule has 0 aromatic rings. The number of alkyl halides is 2. The van der Waals surface area contributed by atoms with E-state index in [0.29, 0.717) is 5.57 Å². The summed E-state index contributed by atoms with van der Waals surface area (Å²) in [5.74, 6) is -3.05. The van der Waals surface area contributed by atoms with Crippen molar-refractivity contribution >= 4 is 5.97 Å². The Morgan fingerprint density at radius 2 is 1.74 bits per heavy atom. The predicted octanol–water partition coefficient (Wildman–Crippen LogP) is 2.18. The van der Waals surface area contributed by atoms with Gasteiger partial charge in [0, 0.05) is 23.9 Å². The van der Waals surface area contributed by atoms with Crippen molar-refractivity contribution in [2.75, 3.05) is 0 Å². The molecule has 0 aromatic carbocycles. The number of piperidine rings is 1. The van der Waals surface area contributed by atoms with Gasteiger partial charge in [-0.1, -0.05) is 26.0 Å². The second kappa shape index (κ2) is 4.85. The Morgan fingerprint density at radius 1 is 1.21 bits per heavy atom. The van der Waals surface area contributed by atoms with Gasteiger partial charge in [-0.2, -0.15) is 0 Å². The van der Waals surface area contributed by atoms with Gasteiger partial charge in [-0.05, 0) is 12.8 Å². The van der Waals surface area contributed by atoms with Crippen LogP contribution in [0, 0.1) is 23.7 Å². The molecule has 2 rings (SSSR count). The smallest absolute Gasteiger partial charge is 0.312 e. The minimum Gasteiger partial charge on any atom is -0.481 e. The van der Waals surface area contributed by atoms with Gasteiger partial charge in [-0.15, -0.1) is 0 Å². The average Bonchev–Trinajstić information content (AvgIpc) is 2.32. The lowest BCUT2D eigenvalue weighted by Gasteiger charge is -2.51. The number of aliphatic carboxylic acids is 1. The topological polar surface area (TPSA) is 49.3 Å². The van der Waals surface area contributed by atoms with Crippen molar-refractivity contribution in [1.29, 1.82) is 0 Å². The van der Waals surface area contributed by atoms with Crippen LogP contribution in [-0.4, -0.2) is 35.5 Å². The highest BCUT2D eigenvalue weighted by Gasteiger charge is 2.53. The van der Waals surface area contributed by atoms with E-state index in [-0.39, 0.29) is 18.0 Å². The Morgan fingerprint density at radius 3 is 2.26 bits per heavy atom. The molecule has 8 unspecified atom stereocenters. The number of nitrogens with one attached hydrogen (secondary N) is 1. The van der Waals surface area contributed by atoms with Crippen molar-refractivity contribution in [3.8, 4) is 0 Å². The van der Waals surface area contributed by atoms with Crippen molar-refractivity contribution in [2.24, 2.45) is 23.7 Å². The minimum absolute atomic E-state index is 0.241. The first-order valence-electron chi connectivity index (χ1n) is 6.73. The number of carboxylic acid groups (broad SMARTS) is 1. The normalized spacial score (nSPS) is 50.7. The zero-order valence-corrected chi connectivity index (χ0v) is 11.4. The van der Waals surface area contributed by atoms with E-state index in [2.05, 4.69) is 11.9 Å². The van der Waals surface area contributed by atoms with Crippen LogP contribution in [-0.2, 0) is 4.79 Å². The maximum Gasteiger partial charge on any atom is 0.312 e. The molecule has 0 amide bonds. The third kappa shape index (κ3) is 2.08. The van der Waals surface area contributed by atoms with Gasteiger partial charge >= 0.3 is 5.97 Å². The van der Waals surface area contributed by atoms with Gasteiger partial charge in [0.15, 0.2) is 0 Å². The SMILES string of the molecule is C=C1C(C(=O)O)C(C)NC2C(C)C(F)C(F)C(C)C12. The van der Waals surface area contributed by atoms with Gasteiger partial charge in [-0.3, -0.25) is 4.79 Å². The fraction of sp³-hybridized carbons (Fsp3) is 0.786. The van der Waals surface area contributed by atoms with Crippen LogP contribution in [0.5, 0.6) is 0 Å². The summed E-state index contributed by atoms with van der Waals surface area (Å²) in [5, 5.41) is 12.4. The van der Waals surface area contributed by atoms with Crippen LogP contribution in [0.3, 0.4) is 0 Å². The molecular formula is C14H21F2NO2. The van der Waals surface area contributed by atoms with Crippen molar-refractivity contribution in [2.45, 2.75) is 45.2 Å². The lowest BCUT2D eigenvalue weighted by atomic mass is 9.62. The van der Waals surface area contributed by atoms with Crippen LogP contribution in [0.2, 0.25) is 0 Å². The Kier molecular flexibility index (Phi) is 3.69. The van der Waals surface area contributed by atoms with E-state index in [1.54, 1.807) is 20.8 Å². The van der Waals surface area contributed by atoms with Crippen LogP contribution in [0.15, 0.2) is 12.2 Å². The highest BCUT2D eigenvalue weighted by Crippen LogP contribution is 2.46. The summed E-state index contributed by atoms with van der Waals surface area (Å²) in [4.78, 5) is 11.3. The quantitative estimate of drug-likeness (QED) is 0.720. The molecule has 0 bridgehead atoms. The van der Waals surface area contributed by atoms with Crippen LogP contribution >= 0.6 is 0 Å². The Balaban J connectivity index is 2.35. The fourth-order valence-corrected chi connectivity index (χ4v) is 3.75. The Labute approximate surface area is 112 Å². The third-order valence-electron chi connectivity index (χ3n) is 4.88. The number of fused-ring (bicyclic) bond motifs is 1. The molecule has 1 aliphatic carbocycles. The average molecular weight is 273 g/mol. The molecule has 19 heavy (non-hydrogen) atoms. The molecule has 0 aromatic heterocycles. The first kappa shape index (κ1) is 14.4. The standard InChI is InChI=1S/C14H21F2NO2/c1-5-9-6(2)11(15)12(16)7(3)13(9)17-8(4)10(5)14(18)19/h6-13,17H,1H2,2-4H3,(H,18,19). The van der Waals surface area contributed by atoms with Crippen molar-refractivity contribution < 1.29 is 18.7 Å². The number of hydrogen-bond acceptors (Lipinski definition) is 2. The zero-order valence-electron chi connectivity index (χ0n) is 11.4. The molecule has 2 aliphatic rings. The maximum atomic E-state index is 14.0. The zero-order chi connectivity index (χ0) is 14.5. The molecule has 1 aliphatic heterocycles. The van der Waals surface area contributed by atoms with Gasteiger partial charge < -0.3 is 10.4 Å². The van der Waals surface area contributed by atoms with Crippen molar-refractivity contribution in [1.82, 2.24) is 5.32 Å². The first-order chi connectivity index (χ1) is 8.77. The summed E-state index contributed by atoms with van der Waals surface area (Å²) >= 11 is 0. The summed E-state index contributed by atoms with van der Waals surface area (Å²) in [6.45, 7) is 8.96. The molecular weight excluding hydrogens is 252 g/mol. The van der Waals surface area contributed by atoms with E-state index >= 15 is 0 Å². The van der Waals surface area contributed by atoms with E-state index in [1.165, 1.54) is 0 Å². The highest BCUT2D eigenvalue weighted by molar-refractivity contribution is 5.75. The molecule has 8 atom stereocenters. The van der Waals surface area contributed by atoms with Crippen LogP contribution in [0.25, 0.3) is 0 Å². The monoisotopic (exact) mass is 273 g/mol. The minimum atomic E-state index is -1.56. The van der Waals surface area contributed by atoms with Crippen molar-refractivity contribution in [3.05, 3.63) is 12.2 Å². The van der Waals surface area contributed by atoms with Crippen LogP contribution < -0.4 is 5.32 Å². The second-order valence-electron chi connectivity index (χ2n) is 6.00. The Hall–Kier alpha value is -0.970. The number of rotatable bonds is 1.